The van der Waals surface area contributed by atoms with Crippen molar-refractivity contribution in [2.75, 3.05) is 0 Å². The molecule has 0 aliphatic heterocycles. The first-order valence-corrected chi connectivity index (χ1v) is 6.93. The van der Waals surface area contributed by atoms with Gasteiger partial charge in [0.05, 0.1) is 12.2 Å². The lowest BCUT2D eigenvalue weighted by Gasteiger charge is -2.25. The Bertz CT molecular complexity index is 513. The minimum atomic E-state index is 0.0639. The van der Waals surface area contributed by atoms with E-state index in [1.807, 2.05) is 36.5 Å². The van der Waals surface area contributed by atoms with Crippen molar-refractivity contribution in [2.24, 2.45) is 12.8 Å². The molecule has 2 N–H and O–H groups in total. The molecule has 0 saturated carbocycles. The van der Waals surface area contributed by atoms with Crippen LogP contribution in [0, 0.1) is 0 Å². The maximum atomic E-state index is 6.33. The summed E-state index contributed by atoms with van der Waals surface area (Å²) in [6, 6.07) is 0.178. The van der Waals surface area contributed by atoms with Crippen LogP contribution in [-0.4, -0.2) is 25.4 Å². The molecular formula is C14H23N5. The second-order valence-electron chi connectivity index (χ2n) is 4.97. The molecule has 0 saturated heterocycles. The molecule has 0 amide bonds. The molecule has 2 aromatic heterocycles. The van der Waals surface area contributed by atoms with Gasteiger partial charge in [0.15, 0.2) is 0 Å². The number of aryl methyl sites for hydroxylation is 2. The number of rotatable bonds is 6. The van der Waals surface area contributed by atoms with Crippen molar-refractivity contribution in [2.45, 2.75) is 45.2 Å². The molecule has 0 fully saturated rings. The maximum absolute atomic E-state index is 6.33. The summed E-state index contributed by atoms with van der Waals surface area (Å²) in [5, 5.41) is 4.27. The fraction of sp³-hybridized carbons (Fsp3) is 0.571. The van der Waals surface area contributed by atoms with Gasteiger partial charge in [-0.05, 0) is 12.8 Å². The van der Waals surface area contributed by atoms with Crippen LogP contribution < -0.4 is 5.73 Å². The summed E-state index contributed by atoms with van der Waals surface area (Å²) >= 11 is 0. The molecule has 2 rings (SSSR count). The summed E-state index contributed by atoms with van der Waals surface area (Å²) in [7, 11) is 1.93. The van der Waals surface area contributed by atoms with Gasteiger partial charge in [-0.15, -0.1) is 0 Å². The summed E-state index contributed by atoms with van der Waals surface area (Å²) in [6.45, 7) is 4.28. The fourth-order valence-electron chi connectivity index (χ4n) is 2.44. The molecule has 104 valence electrons. The van der Waals surface area contributed by atoms with Crippen molar-refractivity contribution < 1.29 is 0 Å². The van der Waals surface area contributed by atoms with Crippen LogP contribution in [-0.2, 0) is 13.5 Å². The molecule has 2 aromatic rings. The number of hydrogen-bond donors (Lipinski definition) is 1. The molecular weight excluding hydrogens is 238 g/mol. The average molecular weight is 261 g/mol. The predicted octanol–water partition coefficient (Wildman–Crippen LogP) is 1.90. The standard InChI is InChI=1S/C14H23N5/c1-4-6-13-16-7-8-19(13)14(12(15)5-2)11-9-17-18(3)10-11/h7-10,12,14H,4-6,15H2,1-3H3. The van der Waals surface area contributed by atoms with Crippen molar-refractivity contribution in [3.05, 3.63) is 36.2 Å². The van der Waals surface area contributed by atoms with Crippen LogP contribution in [0.2, 0.25) is 0 Å². The van der Waals surface area contributed by atoms with E-state index < -0.39 is 0 Å². The first-order chi connectivity index (χ1) is 9.17. The number of hydrogen-bond acceptors (Lipinski definition) is 3. The highest BCUT2D eigenvalue weighted by Gasteiger charge is 2.23. The molecule has 0 aromatic carbocycles. The zero-order valence-corrected chi connectivity index (χ0v) is 12.0. The van der Waals surface area contributed by atoms with Gasteiger partial charge in [-0.3, -0.25) is 4.68 Å². The van der Waals surface area contributed by atoms with Gasteiger partial charge in [-0.2, -0.15) is 5.10 Å². The first kappa shape index (κ1) is 13.8. The van der Waals surface area contributed by atoms with E-state index in [-0.39, 0.29) is 12.1 Å². The van der Waals surface area contributed by atoms with Crippen molar-refractivity contribution >= 4 is 0 Å². The minimum Gasteiger partial charge on any atom is -0.326 e. The van der Waals surface area contributed by atoms with Crippen LogP contribution in [0.1, 0.15) is 44.1 Å². The molecule has 5 nitrogen and oxygen atoms in total. The van der Waals surface area contributed by atoms with Crippen LogP contribution in [0.15, 0.2) is 24.8 Å². The summed E-state index contributed by atoms with van der Waals surface area (Å²) in [4.78, 5) is 4.46. The second-order valence-corrected chi connectivity index (χ2v) is 4.97. The minimum absolute atomic E-state index is 0.0639. The van der Waals surface area contributed by atoms with Crippen LogP contribution >= 0.6 is 0 Å². The van der Waals surface area contributed by atoms with E-state index in [1.165, 1.54) is 0 Å². The van der Waals surface area contributed by atoms with Crippen LogP contribution in [0.4, 0.5) is 0 Å². The second kappa shape index (κ2) is 6.02. The van der Waals surface area contributed by atoms with E-state index in [1.54, 1.807) is 0 Å². The zero-order valence-electron chi connectivity index (χ0n) is 12.0. The summed E-state index contributed by atoms with van der Waals surface area (Å²) in [5.74, 6) is 1.10. The normalized spacial score (nSPS) is 14.5. The lowest BCUT2D eigenvalue weighted by Crippen LogP contribution is -2.33. The lowest BCUT2D eigenvalue weighted by molar-refractivity contribution is 0.444. The zero-order chi connectivity index (χ0) is 13.8. The van der Waals surface area contributed by atoms with Gasteiger partial charge in [-0.25, -0.2) is 4.98 Å². The quantitative estimate of drug-likeness (QED) is 0.864. The van der Waals surface area contributed by atoms with Crippen LogP contribution in [0.5, 0.6) is 0 Å². The Labute approximate surface area is 114 Å². The van der Waals surface area contributed by atoms with Crippen molar-refractivity contribution in [1.82, 2.24) is 19.3 Å². The molecule has 5 heteroatoms. The molecule has 2 atom stereocenters. The molecule has 0 radical (unpaired) electrons. The van der Waals surface area contributed by atoms with E-state index in [0.29, 0.717) is 0 Å². The predicted molar refractivity (Wildman–Crippen MR) is 75.8 cm³/mol. The monoisotopic (exact) mass is 261 g/mol. The van der Waals surface area contributed by atoms with Gasteiger partial charge < -0.3 is 10.3 Å². The van der Waals surface area contributed by atoms with E-state index in [0.717, 1.165) is 30.7 Å². The highest BCUT2D eigenvalue weighted by atomic mass is 15.2. The van der Waals surface area contributed by atoms with E-state index >= 15 is 0 Å². The van der Waals surface area contributed by atoms with Crippen LogP contribution in [0.3, 0.4) is 0 Å². The smallest absolute Gasteiger partial charge is 0.109 e. The van der Waals surface area contributed by atoms with E-state index in [4.69, 9.17) is 5.73 Å². The van der Waals surface area contributed by atoms with Gasteiger partial charge in [-0.1, -0.05) is 13.8 Å². The summed E-state index contributed by atoms with van der Waals surface area (Å²) in [5.41, 5.74) is 7.47. The Balaban J connectivity index is 2.40. The third kappa shape index (κ3) is 2.87. The Kier molecular flexibility index (Phi) is 4.37. The first-order valence-electron chi connectivity index (χ1n) is 6.93. The topological polar surface area (TPSA) is 61.7 Å². The largest absolute Gasteiger partial charge is 0.326 e. The number of aromatic nitrogens is 4. The SMILES string of the molecule is CCCc1nccn1C(c1cnn(C)c1)C(N)CC. The maximum Gasteiger partial charge on any atom is 0.109 e. The van der Waals surface area contributed by atoms with Gasteiger partial charge >= 0.3 is 0 Å². The molecule has 2 unspecified atom stereocenters. The van der Waals surface area contributed by atoms with Crippen LogP contribution in [0.25, 0.3) is 0 Å². The number of imidazole rings is 1. The fourth-order valence-corrected chi connectivity index (χ4v) is 2.44. The number of nitrogens with two attached hydrogens (primary N) is 1. The van der Waals surface area contributed by atoms with Crippen molar-refractivity contribution in [1.29, 1.82) is 0 Å². The third-order valence-corrected chi connectivity index (χ3v) is 3.47. The van der Waals surface area contributed by atoms with Crippen molar-refractivity contribution in [3.63, 3.8) is 0 Å². The molecule has 0 spiro atoms. The molecule has 2 heterocycles. The average Bonchev–Trinajstić information content (AvgIpc) is 3.01. The highest BCUT2D eigenvalue weighted by molar-refractivity contribution is 5.17. The molecule has 0 aliphatic rings. The Hall–Kier alpha value is -1.62. The highest BCUT2D eigenvalue weighted by Crippen LogP contribution is 2.24. The van der Waals surface area contributed by atoms with Crippen molar-refractivity contribution in [3.8, 4) is 0 Å². The lowest BCUT2D eigenvalue weighted by atomic mass is 10.0. The van der Waals surface area contributed by atoms with Gasteiger partial charge in [0, 0.05) is 43.7 Å². The number of nitrogens with zero attached hydrogens (tertiary/aromatic N) is 4. The van der Waals surface area contributed by atoms with E-state index in [2.05, 4.69) is 28.5 Å². The Morgan fingerprint density at radius 3 is 2.74 bits per heavy atom. The van der Waals surface area contributed by atoms with Gasteiger partial charge in [0.25, 0.3) is 0 Å². The van der Waals surface area contributed by atoms with E-state index in [9.17, 15) is 0 Å². The Morgan fingerprint density at radius 1 is 1.37 bits per heavy atom. The molecule has 0 aliphatic carbocycles. The molecule has 19 heavy (non-hydrogen) atoms. The van der Waals surface area contributed by atoms with Gasteiger partial charge in [0.1, 0.15) is 5.82 Å². The molecule has 0 bridgehead atoms. The van der Waals surface area contributed by atoms with Gasteiger partial charge in [0.2, 0.25) is 0 Å². The summed E-state index contributed by atoms with van der Waals surface area (Å²) in [6.07, 6.45) is 10.8. The summed E-state index contributed by atoms with van der Waals surface area (Å²) < 4.78 is 4.02. The Morgan fingerprint density at radius 2 is 2.16 bits per heavy atom. The third-order valence-electron chi connectivity index (χ3n) is 3.47.